The molecule has 2 aliphatic rings. The van der Waals surface area contributed by atoms with E-state index in [1.54, 1.807) is 0 Å². The maximum Gasteiger partial charge on any atom is 0.414 e. The summed E-state index contributed by atoms with van der Waals surface area (Å²) < 4.78 is 0. The van der Waals surface area contributed by atoms with E-state index in [1.165, 1.54) is 0 Å². The number of hydrogen-bond acceptors (Lipinski definition) is 6. The van der Waals surface area contributed by atoms with Gasteiger partial charge in [-0.2, -0.15) is 0 Å². The highest BCUT2D eigenvalue weighted by molar-refractivity contribution is 6.27. The zero-order valence-electron chi connectivity index (χ0n) is 16.4. The van der Waals surface area contributed by atoms with E-state index in [-0.39, 0.29) is 12.5 Å². The van der Waals surface area contributed by atoms with Crippen molar-refractivity contribution in [2.45, 2.75) is 18.9 Å². The van der Waals surface area contributed by atoms with Gasteiger partial charge < -0.3 is 20.2 Å². The van der Waals surface area contributed by atoms with Crippen LogP contribution in [0.5, 0.6) is 0 Å². The maximum absolute atomic E-state index is 12.5. The number of aliphatic hydroxyl groups excluding tert-OH is 1. The van der Waals surface area contributed by atoms with Crippen molar-refractivity contribution in [3.63, 3.8) is 0 Å². The number of piperidine rings is 1. The molecule has 2 heterocycles. The first-order chi connectivity index (χ1) is 13.9. The molecule has 0 bridgehead atoms. The number of aliphatic carboxylic acids is 2. The number of likely N-dealkylation sites (tertiary alicyclic amines) is 1. The molecular weight excluding hydrogens is 378 g/mol. The van der Waals surface area contributed by atoms with Crippen molar-refractivity contribution in [1.82, 2.24) is 14.7 Å². The van der Waals surface area contributed by atoms with Crippen LogP contribution in [0.15, 0.2) is 30.3 Å². The molecule has 0 aromatic heterocycles. The van der Waals surface area contributed by atoms with Crippen LogP contribution in [0.2, 0.25) is 0 Å². The van der Waals surface area contributed by atoms with Crippen LogP contribution in [0.3, 0.4) is 0 Å². The van der Waals surface area contributed by atoms with Gasteiger partial charge in [-0.1, -0.05) is 18.2 Å². The molecule has 0 aliphatic carbocycles. The van der Waals surface area contributed by atoms with Gasteiger partial charge in [-0.05, 0) is 25.0 Å². The van der Waals surface area contributed by atoms with Crippen LogP contribution in [-0.2, 0) is 9.59 Å². The molecule has 9 heteroatoms. The van der Waals surface area contributed by atoms with E-state index in [0.717, 1.165) is 64.2 Å². The highest BCUT2D eigenvalue weighted by atomic mass is 16.4. The zero-order chi connectivity index (χ0) is 21.2. The number of rotatable bonds is 4. The Kier molecular flexibility index (Phi) is 9.04. The Balaban J connectivity index is 0.000000438. The van der Waals surface area contributed by atoms with Crippen molar-refractivity contribution in [3.05, 3.63) is 35.9 Å². The molecule has 1 aromatic rings. The van der Waals surface area contributed by atoms with Crippen LogP contribution in [0.4, 0.5) is 0 Å². The van der Waals surface area contributed by atoms with Gasteiger partial charge >= 0.3 is 11.9 Å². The Morgan fingerprint density at radius 3 is 1.90 bits per heavy atom. The molecule has 0 saturated carbocycles. The van der Waals surface area contributed by atoms with E-state index < -0.39 is 11.9 Å². The summed E-state index contributed by atoms with van der Waals surface area (Å²) in [4.78, 5) is 37.6. The highest BCUT2D eigenvalue weighted by Crippen LogP contribution is 2.19. The van der Waals surface area contributed by atoms with Crippen LogP contribution in [0.1, 0.15) is 23.2 Å². The van der Waals surface area contributed by atoms with Crippen LogP contribution in [-0.4, -0.2) is 106 Å². The summed E-state index contributed by atoms with van der Waals surface area (Å²) in [5.41, 5.74) is 0.795. The summed E-state index contributed by atoms with van der Waals surface area (Å²) in [6.07, 6.45) is 2.14. The Bertz CT molecular complexity index is 656. The molecule has 160 valence electrons. The maximum atomic E-state index is 12.5. The summed E-state index contributed by atoms with van der Waals surface area (Å²) in [5, 5.41) is 23.8. The highest BCUT2D eigenvalue weighted by Gasteiger charge is 2.29. The van der Waals surface area contributed by atoms with Crippen molar-refractivity contribution in [3.8, 4) is 0 Å². The second kappa shape index (κ2) is 11.5. The Labute approximate surface area is 170 Å². The number of benzene rings is 1. The summed E-state index contributed by atoms with van der Waals surface area (Å²) in [6.45, 7) is 7.00. The number of piperazine rings is 1. The average Bonchev–Trinajstić information content (AvgIpc) is 2.75. The number of carbonyl (C=O) groups excluding carboxylic acids is 1. The van der Waals surface area contributed by atoms with E-state index in [1.807, 2.05) is 35.2 Å². The number of amides is 1. The first kappa shape index (κ1) is 22.8. The number of β-amino-alcohol motifs (C(OH)–C–C–N with tert-alkyl or cyclic N) is 1. The van der Waals surface area contributed by atoms with Gasteiger partial charge in [-0.15, -0.1) is 0 Å². The Hall–Kier alpha value is -2.49. The minimum Gasteiger partial charge on any atom is -0.473 e. The van der Waals surface area contributed by atoms with E-state index in [4.69, 9.17) is 24.9 Å². The number of hydrogen-bond donors (Lipinski definition) is 3. The summed E-state index contributed by atoms with van der Waals surface area (Å²) >= 11 is 0. The van der Waals surface area contributed by atoms with Gasteiger partial charge in [-0.3, -0.25) is 14.6 Å². The van der Waals surface area contributed by atoms with E-state index in [9.17, 15) is 4.79 Å². The molecule has 1 aromatic carbocycles. The zero-order valence-corrected chi connectivity index (χ0v) is 16.4. The molecule has 0 radical (unpaired) electrons. The fourth-order valence-corrected chi connectivity index (χ4v) is 3.69. The van der Waals surface area contributed by atoms with Crippen molar-refractivity contribution in [1.29, 1.82) is 0 Å². The molecule has 2 aliphatic heterocycles. The number of aliphatic hydroxyl groups is 1. The lowest BCUT2D eigenvalue weighted by molar-refractivity contribution is -0.159. The predicted molar refractivity (Wildman–Crippen MR) is 106 cm³/mol. The van der Waals surface area contributed by atoms with Crippen molar-refractivity contribution < 1.29 is 29.7 Å². The van der Waals surface area contributed by atoms with Gasteiger partial charge in [0, 0.05) is 57.4 Å². The second-order valence-electron chi connectivity index (χ2n) is 7.10. The molecule has 0 atom stereocenters. The average molecular weight is 407 g/mol. The third-order valence-corrected chi connectivity index (χ3v) is 5.29. The van der Waals surface area contributed by atoms with Crippen LogP contribution < -0.4 is 0 Å². The van der Waals surface area contributed by atoms with E-state index in [2.05, 4.69) is 9.80 Å². The normalized spacial score (nSPS) is 18.6. The van der Waals surface area contributed by atoms with Gasteiger partial charge in [0.15, 0.2) is 0 Å². The SMILES string of the molecule is O=C(O)C(=O)O.O=C(c1ccccc1)N1CCC(N2CCN(CCO)CC2)CC1. The van der Waals surface area contributed by atoms with Crippen molar-refractivity contribution in [2.75, 3.05) is 52.4 Å². The summed E-state index contributed by atoms with van der Waals surface area (Å²) in [6, 6.07) is 10.2. The molecule has 1 amide bonds. The molecule has 3 rings (SSSR count). The van der Waals surface area contributed by atoms with Gasteiger partial charge in [-0.25, -0.2) is 9.59 Å². The molecule has 2 fully saturated rings. The first-order valence-electron chi connectivity index (χ1n) is 9.80. The quantitative estimate of drug-likeness (QED) is 0.599. The number of carboxylic acid groups (broad SMARTS) is 2. The lowest BCUT2D eigenvalue weighted by Crippen LogP contribution is -2.54. The summed E-state index contributed by atoms with van der Waals surface area (Å²) in [7, 11) is 0. The van der Waals surface area contributed by atoms with Crippen molar-refractivity contribution >= 4 is 17.8 Å². The van der Waals surface area contributed by atoms with Gasteiger partial charge in [0.2, 0.25) is 0 Å². The minimum atomic E-state index is -1.82. The molecule has 0 spiro atoms. The van der Waals surface area contributed by atoms with Crippen LogP contribution >= 0.6 is 0 Å². The number of carbonyl (C=O) groups is 3. The lowest BCUT2D eigenvalue weighted by atomic mass is 10.0. The predicted octanol–water partition coefficient (Wildman–Crippen LogP) is 0.0567. The van der Waals surface area contributed by atoms with E-state index >= 15 is 0 Å². The largest absolute Gasteiger partial charge is 0.473 e. The molecule has 0 unspecified atom stereocenters. The Morgan fingerprint density at radius 1 is 0.862 bits per heavy atom. The topological polar surface area (TPSA) is 122 Å². The van der Waals surface area contributed by atoms with Gasteiger partial charge in [0.25, 0.3) is 5.91 Å². The number of nitrogens with zero attached hydrogens (tertiary/aromatic N) is 3. The third-order valence-electron chi connectivity index (χ3n) is 5.29. The third kappa shape index (κ3) is 7.12. The molecular formula is C20H29N3O6. The molecule has 9 nitrogen and oxygen atoms in total. The van der Waals surface area contributed by atoms with Gasteiger partial charge in [0.1, 0.15) is 0 Å². The van der Waals surface area contributed by atoms with Crippen LogP contribution in [0.25, 0.3) is 0 Å². The standard InChI is InChI=1S/C18H27N3O2.C2H2O4/c22-15-14-19-10-12-20(13-11-19)17-6-8-21(9-7-17)18(23)16-4-2-1-3-5-16;3-1(4)2(5)6/h1-5,17,22H,6-15H2;(H,3,4)(H,5,6). The minimum absolute atomic E-state index is 0.164. The Morgan fingerprint density at radius 2 is 1.41 bits per heavy atom. The second-order valence-corrected chi connectivity index (χ2v) is 7.10. The molecule has 3 N–H and O–H groups in total. The van der Waals surface area contributed by atoms with E-state index in [0.29, 0.717) is 6.04 Å². The fourth-order valence-electron chi connectivity index (χ4n) is 3.69. The number of carboxylic acids is 2. The van der Waals surface area contributed by atoms with Gasteiger partial charge in [0.05, 0.1) is 6.61 Å². The fraction of sp³-hybridized carbons (Fsp3) is 0.550. The lowest BCUT2D eigenvalue weighted by Gasteiger charge is -2.42. The first-order valence-corrected chi connectivity index (χ1v) is 9.80. The monoisotopic (exact) mass is 407 g/mol. The smallest absolute Gasteiger partial charge is 0.414 e. The molecule has 2 saturated heterocycles. The summed E-state index contributed by atoms with van der Waals surface area (Å²) in [5.74, 6) is -3.48. The van der Waals surface area contributed by atoms with Crippen LogP contribution in [0, 0.1) is 0 Å². The van der Waals surface area contributed by atoms with Crippen molar-refractivity contribution in [2.24, 2.45) is 0 Å². The molecule has 29 heavy (non-hydrogen) atoms.